The fourth-order valence-corrected chi connectivity index (χ4v) is 2.62. The van der Waals surface area contributed by atoms with Gasteiger partial charge in [0.2, 0.25) is 0 Å². The lowest BCUT2D eigenvalue weighted by molar-refractivity contribution is 0.265. The molecule has 0 atom stereocenters. The molecule has 0 aliphatic carbocycles. The Morgan fingerprint density at radius 1 is 1.05 bits per heavy atom. The Hall–Kier alpha value is -1.35. The van der Waals surface area contributed by atoms with Crippen molar-refractivity contribution in [3.8, 4) is 0 Å². The summed E-state index contributed by atoms with van der Waals surface area (Å²) in [7, 11) is 2.20. The first-order valence-corrected chi connectivity index (χ1v) is 7.89. The van der Waals surface area contributed by atoms with Crippen LogP contribution in [0, 0.1) is 0 Å². The van der Waals surface area contributed by atoms with E-state index in [9.17, 15) is 0 Å². The first-order chi connectivity index (χ1) is 9.81. The van der Waals surface area contributed by atoms with Crippen molar-refractivity contribution >= 4 is 11.0 Å². The predicted octanol–water partition coefficient (Wildman–Crippen LogP) is 4.29. The average molecular weight is 273 g/mol. The van der Waals surface area contributed by atoms with Crippen molar-refractivity contribution in [3.05, 3.63) is 30.6 Å². The first-order valence-electron chi connectivity index (χ1n) is 7.89. The summed E-state index contributed by atoms with van der Waals surface area (Å²) in [6.45, 7) is 4.36. The van der Waals surface area contributed by atoms with Crippen LogP contribution < -0.4 is 0 Å². The zero-order valence-electron chi connectivity index (χ0n) is 12.9. The molecule has 1 aromatic heterocycles. The third-order valence-corrected chi connectivity index (χ3v) is 3.81. The van der Waals surface area contributed by atoms with E-state index in [0.29, 0.717) is 0 Å². The Bertz CT molecular complexity index is 504. The molecule has 2 aromatic rings. The smallest absolute Gasteiger partial charge is 0.0969 e. The largest absolute Gasteiger partial charge is 0.317 e. The van der Waals surface area contributed by atoms with Gasteiger partial charge in [0.05, 0.1) is 24.0 Å². The molecule has 0 aliphatic rings. The van der Waals surface area contributed by atoms with Crippen LogP contribution in [0.1, 0.15) is 45.4 Å². The number of nitrogens with zero attached hydrogens (tertiary/aromatic N) is 3. The maximum atomic E-state index is 4.44. The molecular formula is C17H27N3. The number of benzene rings is 1. The number of hydrogen-bond acceptors (Lipinski definition) is 2. The molecule has 0 fully saturated rings. The van der Waals surface area contributed by atoms with Crippen molar-refractivity contribution in [2.45, 2.75) is 52.1 Å². The van der Waals surface area contributed by atoms with Gasteiger partial charge in [0.15, 0.2) is 0 Å². The van der Waals surface area contributed by atoms with E-state index in [1.54, 1.807) is 0 Å². The van der Waals surface area contributed by atoms with Gasteiger partial charge >= 0.3 is 0 Å². The van der Waals surface area contributed by atoms with E-state index in [1.165, 1.54) is 50.6 Å². The Morgan fingerprint density at radius 2 is 1.80 bits per heavy atom. The molecule has 0 spiro atoms. The second-order valence-electron chi connectivity index (χ2n) is 5.69. The van der Waals surface area contributed by atoms with E-state index in [-0.39, 0.29) is 0 Å². The molecule has 0 unspecified atom stereocenters. The van der Waals surface area contributed by atoms with Crippen molar-refractivity contribution in [2.24, 2.45) is 0 Å². The molecule has 3 heteroatoms. The van der Waals surface area contributed by atoms with Gasteiger partial charge in [-0.25, -0.2) is 4.98 Å². The Kier molecular flexibility index (Phi) is 6.06. The van der Waals surface area contributed by atoms with Crippen molar-refractivity contribution in [2.75, 3.05) is 13.6 Å². The average Bonchev–Trinajstić information content (AvgIpc) is 2.86. The van der Waals surface area contributed by atoms with Gasteiger partial charge in [0.1, 0.15) is 0 Å². The third kappa shape index (κ3) is 4.34. The molecule has 3 nitrogen and oxygen atoms in total. The van der Waals surface area contributed by atoms with Crippen LogP contribution in [-0.2, 0) is 6.67 Å². The van der Waals surface area contributed by atoms with Crippen LogP contribution in [0.25, 0.3) is 11.0 Å². The minimum Gasteiger partial charge on any atom is -0.317 e. The zero-order valence-corrected chi connectivity index (χ0v) is 12.9. The van der Waals surface area contributed by atoms with Crippen LogP contribution in [0.5, 0.6) is 0 Å². The van der Waals surface area contributed by atoms with Gasteiger partial charge in [-0.05, 0) is 32.1 Å². The molecule has 110 valence electrons. The highest BCUT2D eigenvalue weighted by Gasteiger charge is 2.04. The molecule has 2 rings (SSSR count). The fraction of sp³-hybridized carbons (Fsp3) is 0.588. The SMILES string of the molecule is CCCCCCCCN(C)Cn1cnc2ccccc21. The summed E-state index contributed by atoms with van der Waals surface area (Å²) < 4.78 is 2.23. The van der Waals surface area contributed by atoms with Crippen molar-refractivity contribution in [1.82, 2.24) is 14.5 Å². The number of aromatic nitrogens is 2. The van der Waals surface area contributed by atoms with Crippen LogP contribution in [0.3, 0.4) is 0 Å². The van der Waals surface area contributed by atoms with Gasteiger partial charge in [-0.15, -0.1) is 0 Å². The zero-order chi connectivity index (χ0) is 14.2. The molecule has 0 amide bonds. The maximum Gasteiger partial charge on any atom is 0.0969 e. The van der Waals surface area contributed by atoms with Gasteiger partial charge in [0.25, 0.3) is 0 Å². The number of fused-ring (bicyclic) bond motifs is 1. The number of hydrogen-bond donors (Lipinski definition) is 0. The van der Waals surface area contributed by atoms with Crippen LogP contribution in [-0.4, -0.2) is 28.0 Å². The second-order valence-corrected chi connectivity index (χ2v) is 5.69. The Balaban J connectivity index is 1.73. The summed E-state index contributed by atoms with van der Waals surface area (Å²) in [6, 6.07) is 8.33. The normalized spacial score (nSPS) is 11.6. The number of unbranched alkanes of at least 4 members (excludes halogenated alkanes) is 5. The molecule has 0 aliphatic heterocycles. The number of rotatable bonds is 9. The van der Waals surface area contributed by atoms with Gasteiger partial charge in [-0.1, -0.05) is 51.2 Å². The third-order valence-electron chi connectivity index (χ3n) is 3.81. The summed E-state index contributed by atoms with van der Waals surface area (Å²) in [6.07, 6.45) is 10.1. The fourth-order valence-electron chi connectivity index (χ4n) is 2.62. The van der Waals surface area contributed by atoms with Gasteiger partial charge in [-0.2, -0.15) is 0 Å². The van der Waals surface area contributed by atoms with E-state index in [0.717, 1.165) is 12.2 Å². The lowest BCUT2D eigenvalue weighted by Gasteiger charge is -2.17. The van der Waals surface area contributed by atoms with Gasteiger partial charge in [-0.3, -0.25) is 4.90 Å². The summed E-state index contributed by atoms with van der Waals surface area (Å²) in [4.78, 5) is 6.82. The molecule has 0 saturated heterocycles. The van der Waals surface area contributed by atoms with Crippen LogP contribution in [0.4, 0.5) is 0 Å². The quantitative estimate of drug-likeness (QED) is 0.636. The standard InChI is InChI=1S/C17H27N3/c1-3-4-5-6-7-10-13-19(2)15-20-14-18-16-11-8-9-12-17(16)20/h8-9,11-12,14H,3-7,10,13,15H2,1-2H3. The number of para-hydroxylation sites is 2. The van der Waals surface area contributed by atoms with Crippen LogP contribution in [0.2, 0.25) is 0 Å². The van der Waals surface area contributed by atoms with Gasteiger partial charge < -0.3 is 4.57 Å². The topological polar surface area (TPSA) is 21.1 Å². The molecule has 1 aromatic carbocycles. The summed E-state index contributed by atoms with van der Waals surface area (Å²) in [5.41, 5.74) is 2.31. The van der Waals surface area contributed by atoms with Crippen molar-refractivity contribution < 1.29 is 0 Å². The lowest BCUT2D eigenvalue weighted by Crippen LogP contribution is -2.22. The lowest BCUT2D eigenvalue weighted by atomic mass is 10.1. The molecule has 0 bridgehead atoms. The predicted molar refractivity (Wildman–Crippen MR) is 85.7 cm³/mol. The van der Waals surface area contributed by atoms with E-state index in [2.05, 4.69) is 46.6 Å². The van der Waals surface area contributed by atoms with Crippen molar-refractivity contribution in [1.29, 1.82) is 0 Å². The van der Waals surface area contributed by atoms with E-state index in [4.69, 9.17) is 0 Å². The van der Waals surface area contributed by atoms with E-state index < -0.39 is 0 Å². The van der Waals surface area contributed by atoms with Crippen molar-refractivity contribution in [3.63, 3.8) is 0 Å². The molecular weight excluding hydrogens is 246 g/mol. The summed E-state index contributed by atoms with van der Waals surface area (Å²) in [5, 5.41) is 0. The summed E-state index contributed by atoms with van der Waals surface area (Å²) >= 11 is 0. The monoisotopic (exact) mass is 273 g/mol. The van der Waals surface area contributed by atoms with Crippen LogP contribution in [0.15, 0.2) is 30.6 Å². The summed E-state index contributed by atoms with van der Waals surface area (Å²) in [5.74, 6) is 0. The maximum absolute atomic E-state index is 4.44. The highest BCUT2D eigenvalue weighted by Crippen LogP contribution is 2.12. The minimum absolute atomic E-state index is 0.926. The Labute approximate surface area is 122 Å². The second kappa shape index (κ2) is 8.05. The minimum atomic E-state index is 0.926. The highest BCUT2D eigenvalue weighted by atomic mass is 15.2. The first kappa shape index (κ1) is 15.0. The molecule has 0 radical (unpaired) electrons. The molecule has 0 N–H and O–H groups in total. The van der Waals surface area contributed by atoms with E-state index in [1.807, 2.05) is 12.4 Å². The number of imidazole rings is 1. The molecule has 0 saturated carbocycles. The van der Waals surface area contributed by atoms with E-state index >= 15 is 0 Å². The Morgan fingerprint density at radius 3 is 2.65 bits per heavy atom. The van der Waals surface area contributed by atoms with Gasteiger partial charge in [0, 0.05) is 0 Å². The highest BCUT2D eigenvalue weighted by molar-refractivity contribution is 5.74. The van der Waals surface area contributed by atoms with Crippen LogP contribution >= 0.6 is 0 Å². The molecule has 20 heavy (non-hydrogen) atoms. The molecule has 1 heterocycles.